The third kappa shape index (κ3) is 5.64. The molecular formula is C21H20Cl3NO3S. The minimum absolute atomic E-state index is 0.0244. The molecule has 0 aliphatic heterocycles. The number of benzene rings is 2. The van der Waals surface area contributed by atoms with Gasteiger partial charge in [-0.05, 0) is 47.5 Å². The van der Waals surface area contributed by atoms with Crippen LogP contribution in [-0.2, 0) is 14.8 Å². The van der Waals surface area contributed by atoms with Gasteiger partial charge in [0.1, 0.15) is 4.90 Å². The highest BCUT2D eigenvalue weighted by atomic mass is 35.5. The first-order valence-electron chi connectivity index (χ1n) is 8.89. The SMILES string of the molecule is CC.CC1C=C(C(=O)NS(=O)(=O)c2cc(Cl)ccc2Cl)C=C1c1cccc(Cl)c1. The highest BCUT2D eigenvalue weighted by Crippen LogP contribution is 2.33. The van der Waals surface area contributed by atoms with Crippen molar-refractivity contribution in [3.05, 3.63) is 80.8 Å². The summed E-state index contributed by atoms with van der Waals surface area (Å²) in [5, 5.41) is 0.754. The van der Waals surface area contributed by atoms with Gasteiger partial charge in [0.2, 0.25) is 0 Å². The van der Waals surface area contributed by atoms with Crippen LogP contribution >= 0.6 is 34.8 Å². The molecule has 1 aliphatic rings. The van der Waals surface area contributed by atoms with E-state index in [-0.39, 0.29) is 26.4 Å². The summed E-state index contributed by atoms with van der Waals surface area (Å²) in [6, 6.07) is 11.3. The van der Waals surface area contributed by atoms with Crippen molar-refractivity contribution in [1.82, 2.24) is 4.72 Å². The van der Waals surface area contributed by atoms with E-state index < -0.39 is 15.9 Å². The third-order valence-corrected chi connectivity index (χ3v) is 6.34. The zero-order valence-corrected chi connectivity index (χ0v) is 19.1. The fourth-order valence-electron chi connectivity index (χ4n) is 2.78. The van der Waals surface area contributed by atoms with E-state index in [2.05, 4.69) is 0 Å². The Morgan fingerprint density at radius 1 is 1.00 bits per heavy atom. The van der Waals surface area contributed by atoms with Crippen LogP contribution in [0.1, 0.15) is 26.3 Å². The smallest absolute Gasteiger partial charge is 0.265 e. The highest BCUT2D eigenvalue weighted by Gasteiger charge is 2.26. The summed E-state index contributed by atoms with van der Waals surface area (Å²) >= 11 is 17.8. The number of amides is 1. The van der Waals surface area contributed by atoms with Gasteiger partial charge in [-0.3, -0.25) is 4.79 Å². The van der Waals surface area contributed by atoms with Crippen molar-refractivity contribution in [3.63, 3.8) is 0 Å². The quantitative estimate of drug-likeness (QED) is 0.581. The highest BCUT2D eigenvalue weighted by molar-refractivity contribution is 7.90. The fraction of sp³-hybridized carbons (Fsp3) is 0.190. The number of sulfonamides is 1. The molecule has 0 spiro atoms. The van der Waals surface area contributed by atoms with Crippen molar-refractivity contribution in [2.45, 2.75) is 25.7 Å². The lowest BCUT2D eigenvalue weighted by Gasteiger charge is -2.08. The Bertz CT molecular complexity index is 1090. The zero-order valence-electron chi connectivity index (χ0n) is 16.0. The summed E-state index contributed by atoms with van der Waals surface area (Å²) in [4.78, 5) is 12.3. The summed E-state index contributed by atoms with van der Waals surface area (Å²) in [6.07, 6.45) is 3.35. The van der Waals surface area contributed by atoms with E-state index in [1.807, 2.05) is 37.6 Å². The fourth-order valence-corrected chi connectivity index (χ4v) is 4.71. The Balaban J connectivity index is 0.00000145. The van der Waals surface area contributed by atoms with Gasteiger partial charge in [-0.25, -0.2) is 13.1 Å². The van der Waals surface area contributed by atoms with Gasteiger partial charge in [0.05, 0.1) is 5.02 Å². The van der Waals surface area contributed by atoms with E-state index in [4.69, 9.17) is 34.8 Å². The monoisotopic (exact) mass is 471 g/mol. The van der Waals surface area contributed by atoms with E-state index >= 15 is 0 Å². The maximum absolute atomic E-state index is 12.5. The molecule has 0 saturated carbocycles. The summed E-state index contributed by atoms with van der Waals surface area (Å²) in [7, 11) is -4.16. The van der Waals surface area contributed by atoms with Crippen molar-refractivity contribution in [1.29, 1.82) is 0 Å². The molecule has 2 aromatic carbocycles. The lowest BCUT2D eigenvalue weighted by atomic mass is 9.97. The number of hydrogen-bond donors (Lipinski definition) is 1. The molecule has 1 unspecified atom stereocenters. The summed E-state index contributed by atoms with van der Waals surface area (Å²) in [5.41, 5.74) is 2.00. The average molecular weight is 473 g/mol. The molecule has 0 bridgehead atoms. The Hall–Kier alpha value is -1.79. The number of carbonyl (C=O) groups is 1. The molecule has 0 radical (unpaired) electrons. The molecule has 1 aliphatic carbocycles. The van der Waals surface area contributed by atoms with Gasteiger partial charge < -0.3 is 0 Å². The van der Waals surface area contributed by atoms with Crippen molar-refractivity contribution in [2.24, 2.45) is 5.92 Å². The molecule has 2 aromatic rings. The largest absolute Gasteiger partial charge is 0.268 e. The molecular weight excluding hydrogens is 453 g/mol. The lowest BCUT2D eigenvalue weighted by Crippen LogP contribution is -2.31. The second-order valence-corrected chi connectivity index (χ2v) is 8.96. The van der Waals surface area contributed by atoms with E-state index in [0.717, 1.165) is 11.1 Å². The minimum Gasteiger partial charge on any atom is -0.268 e. The maximum Gasteiger partial charge on any atom is 0.265 e. The molecule has 1 atom stereocenters. The molecule has 1 N–H and O–H groups in total. The van der Waals surface area contributed by atoms with Gasteiger partial charge in [0.15, 0.2) is 0 Å². The predicted molar refractivity (Wildman–Crippen MR) is 120 cm³/mol. The molecule has 4 nitrogen and oxygen atoms in total. The Morgan fingerprint density at radius 3 is 2.31 bits per heavy atom. The van der Waals surface area contributed by atoms with Gasteiger partial charge >= 0.3 is 0 Å². The molecule has 154 valence electrons. The maximum atomic E-state index is 12.5. The van der Waals surface area contributed by atoms with Gasteiger partial charge in [0, 0.05) is 21.5 Å². The molecule has 1 amide bonds. The second-order valence-electron chi connectivity index (χ2n) is 6.03. The van der Waals surface area contributed by atoms with Crippen LogP contribution in [0.2, 0.25) is 15.1 Å². The first-order chi connectivity index (χ1) is 13.7. The molecule has 0 aromatic heterocycles. The van der Waals surface area contributed by atoms with Gasteiger partial charge in [-0.15, -0.1) is 0 Å². The van der Waals surface area contributed by atoms with Crippen LogP contribution in [0.3, 0.4) is 0 Å². The molecule has 0 saturated heterocycles. The van der Waals surface area contributed by atoms with Crippen molar-refractivity contribution >= 4 is 56.3 Å². The van der Waals surface area contributed by atoms with Crippen LogP contribution in [0.5, 0.6) is 0 Å². The number of allylic oxidation sites excluding steroid dienone is 2. The summed E-state index contributed by atoms with van der Waals surface area (Å²) in [6.45, 7) is 5.91. The average Bonchev–Trinajstić information content (AvgIpc) is 3.07. The van der Waals surface area contributed by atoms with Crippen LogP contribution in [0.15, 0.2) is 65.1 Å². The normalized spacial score (nSPS) is 15.7. The van der Waals surface area contributed by atoms with Gasteiger partial charge in [-0.1, -0.05) is 73.8 Å². The number of carbonyl (C=O) groups excluding carboxylic acids is 1. The van der Waals surface area contributed by atoms with Crippen LogP contribution < -0.4 is 4.72 Å². The van der Waals surface area contributed by atoms with Crippen LogP contribution in [0, 0.1) is 5.92 Å². The topological polar surface area (TPSA) is 63.2 Å². The molecule has 3 rings (SSSR count). The number of hydrogen-bond acceptors (Lipinski definition) is 3. The van der Waals surface area contributed by atoms with E-state index in [0.29, 0.717) is 5.02 Å². The van der Waals surface area contributed by atoms with Crippen LogP contribution in [0.25, 0.3) is 5.57 Å². The lowest BCUT2D eigenvalue weighted by molar-refractivity contribution is -0.115. The summed E-state index contributed by atoms with van der Waals surface area (Å²) < 4.78 is 27.1. The van der Waals surface area contributed by atoms with Crippen molar-refractivity contribution < 1.29 is 13.2 Å². The van der Waals surface area contributed by atoms with Crippen LogP contribution in [0.4, 0.5) is 0 Å². The number of nitrogens with one attached hydrogen (secondary N) is 1. The predicted octanol–water partition coefficient (Wildman–Crippen LogP) is 6.14. The van der Waals surface area contributed by atoms with Crippen LogP contribution in [-0.4, -0.2) is 14.3 Å². The second kappa shape index (κ2) is 9.81. The first kappa shape index (κ1) is 23.5. The van der Waals surface area contributed by atoms with Crippen molar-refractivity contribution in [3.8, 4) is 0 Å². The van der Waals surface area contributed by atoms with Crippen molar-refractivity contribution in [2.75, 3.05) is 0 Å². The number of rotatable bonds is 4. The molecule has 0 fully saturated rings. The van der Waals surface area contributed by atoms with E-state index in [9.17, 15) is 13.2 Å². The molecule has 0 heterocycles. The number of halogens is 3. The third-order valence-electron chi connectivity index (χ3n) is 4.06. The Morgan fingerprint density at radius 2 is 1.66 bits per heavy atom. The Labute approximate surface area is 186 Å². The van der Waals surface area contributed by atoms with E-state index in [1.165, 1.54) is 18.2 Å². The standard InChI is InChI=1S/C19H14Cl3NO3S.C2H6/c1-11-7-13(9-16(11)12-3-2-4-14(20)8-12)19(24)23-27(25,26)18-10-15(21)5-6-17(18)22;1-2/h2-11H,1H3,(H,23,24);1-2H3. The van der Waals surface area contributed by atoms with Gasteiger partial charge in [-0.2, -0.15) is 0 Å². The summed E-state index contributed by atoms with van der Waals surface area (Å²) in [5.74, 6) is -0.809. The first-order valence-corrected chi connectivity index (χ1v) is 11.5. The zero-order chi connectivity index (χ0) is 21.8. The molecule has 8 heteroatoms. The molecule has 29 heavy (non-hydrogen) atoms. The van der Waals surface area contributed by atoms with Gasteiger partial charge in [0.25, 0.3) is 15.9 Å². The minimum atomic E-state index is -4.16. The van der Waals surface area contributed by atoms with E-state index in [1.54, 1.807) is 24.3 Å². The Kier molecular flexibility index (Phi) is 7.94.